The van der Waals surface area contributed by atoms with E-state index in [9.17, 15) is 12.8 Å². The minimum absolute atomic E-state index is 0.00631. The number of ether oxygens (including phenoxy) is 1. The molecule has 1 aliphatic rings. The van der Waals surface area contributed by atoms with Gasteiger partial charge in [0.1, 0.15) is 18.0 Å². The Morgan fingerprint density at radius 1 is 1.19 bits per heavy atom. The number of hydrogen-bond acceptors (Lipinski definition) is 7. The molecule has 0 spiro atoms. The van der Waals surface area contributed by atoms with Crippen LogP contribution in [0.5, 0.6) is 5.75 Å². The molecule has 3 rings (SSSR count). The van der Waals surface area contributed by atoms with Gasteiger partial charge in [0.05, 0.1) is 12.0 Å². The minimum Gasteiger partial charge on any atom is -0.494 e. The molecular weight excluding hydrogens is 373 g/mol. The molecule has 8 nitrogen and oxygen atoms in total. The first-order valence-electron chi connectivity index (χ1n) is 8.64. The lowest BCUT2D eigenvalue weighted by atomic mass is 10.3. The van der Waals surface area contributed by atoms with Crippen molar-refractivity contribution in [1.82, 2.24) is 14.7 Å². The number of aromatic nitrogens is 2. The monoisotopic (exact) mass is 395 g/mol. The Labute approximate surface area is 157 Å². The van der Waals surface area contributed by atoms with Gasteiger partial charge in [0.15, 0.2) is 11.6 Å². The van der Waals surface area contributed by atoms with Crippen molar-refractivity contribution in [2.45, 2.75) is 17.7 Å². The molecule has 0 aliphatic carbocycles. The van der Waals surface area contributed by atoms with Gasteiger partial charge in [-0.1, -0.05) is 0 Å². The van der Waals surface area contributed by atoms with Crippen molar-refractivity contribution >= 4 is 21.7 Å². The first-order valence-corrected chi connectivity index (χ1v) is 10.1. The van der Waals surface area contributed by atoms with E-state index < -0.39 is 15.8 Å². The zero-order valence-electron chi connectivity index (χ0n) is 15.0. The van der Waals surface area contributed by atoms with Crippen LogP contribution in [0.2, 0.25) is 0 Å². The topological polar surface area (TPSA) is 96.5 Å². The second-order valence-electron chi connectivity index (χ2n) is 6.08. The summed E-state index contributed by atoms with van der Waals surface area (Å²) < 4.78 is 45.4. The molecule has 10 heteroatoms. The van der Waals surface area contributed by atoms with Gasteiger partial charge in [-0.2, -0.15) is 0 Å². The summed E-state index contributed by atoms with van der Waals surface area (Å²) in [5.41, 5.74) is 0. The summed E-state index contributed by atoms with van der Waals surface area (Å²) in [7, 11) is -2.49. The molecule has 1 fully saturated rings. The zero-order chi connectivity index (χ0) is 19.3. The smallest absolute Gasteiger partial charge is 0.240 e. The zero-order valence-corrected chi connectivity index (χ0v) is 15.8. The highest BCUT2D eigenvalue weighted by Crippen LogP contribution is 2.21. The highest BCUT2D eigenvalue weighted by Gasteiger charge is 2.16. The number of halogens is 1. The number of anilines is 2. The van der Waals surface area contributed by atoms with Gasteiger partial charge in [-0.3, -0.25) is 0 Å². The van der Waals surface area contributed by atoms with Crippen LogP contribution in [0, 0.1) is 5.82 Å². The number of nitrogens with one attached hydrogen (secondary N) is 2. The highest BCUT2D eigenvalue weighted by molar-refractivity contribution is 7.89. The maximum Gasteiger partial charge on any atom is 0.240 e. The molecule has 27 heavy (non-hydrogen) atoms. The molecule has 0 amide bonds. The molecule has 146 valence electrons. The lowest BCUT2D eigenvalue weighted by Crippen LogP contribution is -2.29. The third-order valence-corrected chi connectivity index (χ3v) is 5.70. The Morgan fingerprint density at radius 3 is 2.67 bits per heavy atom. The van der Waals surface area contributed by atoms with Crippen LogP contribution >= 0.6 is 0 Å². The first kappa shape index (κ1) is 19.3. The summed E-state index contributed by atoms with van der Waals surface area (Å²) in [6, 6.07) is 5.35. The molecule has 1 aromatic heterocycles. The van der Waals surface area contributed by atoms with Crippen LogP contribution in [0.15, 0.2) is 35.5 Å². The maximum absolute atomic E-state index is 13.7. The molecule has 0 saturated carbocycles. The predicted octanol–water partition coefficient (Wildman–Crippen LogP) is 1.61. The Kier molecular flexibility index (Phi) is 6.07. The number of methoxy groups -OCH3 is 1. The summed E-state index contributed by atoms with van der Waals surface area (Å²) in [5, 5.41) is 3.06. The van der Waals surface area contributed by atoms with Gasteiger partial charge < -0.3 is 15.0 Å². The normalized spacial score (nSPS) is 14.4. The second-order valence-corrected chi connectivity index (χ2v) is 7.84. The third kappa shape index (κ3) is 4.83. The van der Waals surface area contributed by atoms with Crippen LogP contribution in [0.4, 0.5) is 16.0 Å². The summed E-state index contributed by atoms with van der Waals surface area (Å²) in [6.45, 7) is 2.41. The van der Waals surface area contributed by atoms with Gasteiger partial charge in [-0.15, -0.1) is 0 Å². The van der Waals surface area contributed by atoms with E-state index in [0.29, 0.717) is 12.4 Å². The van der Waals surface area contributed by atoms with E-state index >= 15 is 0 Å². The summed E-state index contributed by atoms with van der Waals surface area (Å²) in [6.07, 6.45) is 3.79. The second kappa shape index (κ2) is 8.49. The van der Waals surface area contributed by atoms with Gasteiger partial charge in [0, 0.05) is 32.2 Å². The third-order valence-electron chi connectivity index (χ3n) is 4.24. The Balaban J connectivity index is 1.53. The quantitative estimate of drug-likeness (QED) is 0.656. The van der Waals surface area contributed by atoms with Crippen molar-refractivity contribution in [2.24, 2.45) is 0 Å². The lowest BCUT2D eigenvalue weighted by Gasteiger charge is -2.16. The largest absolute Gasteiger partial charge is 0.494 e. The molecular formula is C17H22FN5O3S. The van der Waals surface area contributed by atoms with Crippen molar-refractivity contribution in [1.29, 1.82) is 0 Å². The fourth-order valence-electron chi connectivity index (χ4n) is 2.84. The number of nitrogens with zero attached hydrogens (tertiary/aromatic N) is 3. The number of sulfonamides is 1. The Morgan fingerprint density at radius 2 is 1.96 bits per heavy atom. The highest BCUT2D eigenvalue weighted by atomic mass is 32.2. The van der Waals surface area contributed by atoms with Gasteiger partial charge in [-0.05, 0) is 31.0 Å². The summed E-state index contributed by atoms with van der Waals surface area (Å²) in [5.74, 6) is 0.753. The average molecular weight is 395 g/mol. The van der Waals surface area contributed by atoms with Crippen molar-refractivity contribution in [3.8, 4) is 5.75 Å². The van der Waals surface area contributed by atoms with Crippen molar-refractivity contribution in [3.63, 3.8) is 0 Å². The number of hydrogen-bond donors (Lipinski definition) is 2. The van der Waals surface area contributed by atoms with Crippen molar-refractivity contribution < 1.29 is 17.5 Å². The van der Waals surface area contributed by atoms with Crippen LogP contribution in [-0.4, -0.2) is 51.7 Å². The van der Waals surface area contributed by atoms with Crippen LogP contribution in [0.25, 0.3) is 0 Å². The van der Waals surface area contributed by atoms with E-state index in [4.69, 9.17) is 4.74 Å². The predicted molar refractivity (Wildman–Crippen MR) is 100 cm³/mol. The number of benzene rings is 1. The van der Waals surface area contributed by atoms with Crippen LogP contribution in [0.3, 0.4) is 0 Å². The molecule has 0 bridgehead atoms. The Hall–Kier alpha value is -2.46. The lowest BCUT2D eigenvalue weighted by molar-refractivity contribution is 0.385. The van der Waals surface area contributed by atoms with E-state index in [1.165, 1.54) is 25.6 Å². The van der Waals surface area contributed by atoms with Crippen molar-refractivity contribution in [2.75, 3.05) is 43.5 Å². The van der Waals surface area contributed by atoms with E-state index in [-0.39, 0.29) is 17.2 Å². The molecule has 1 saturated heterocycles. The van der Waals surface area contributed by atoms with Gasteiger partial charge >= 0.3 is 0 Å². The molecule has 2 aromatic rings. The van der Waals surface area contributed by atoms with Crippen LogP contribution in [-0.2, 0) is 10.0 Å². The standard InChI is InChI=1S/C17H22FN5O3S/c1-26-15-5-4-13(10-14(15)18)27(24,25)22-7-6-19-16-11-17(21-12-20-16)23-8-2-3-9-23/h4-5,10-12,22H,2-3,6-9H2,1H3,(H,19,20,21). The van der Waals surface area contributed by atoms with E-state index in [0.717, 1.165) is 37.8 Å². The molecule has 2 heterocycles. The summed E-state index contributed by atoms with van der Waals surface area (Å²) >= 11 is 0. The molecule has 1 aromatic carbocycles. The molecule has 1 aliphatic heterocycles. The van der Waals surface area contributed by atoms with E-state index in [1.54, 1.807) is 0 Å². The van der Waals surface area contributed by atoms with E-state index in [1.807, 2.05) is 6.07 Å². The molecule has 0 radical (unpaired) electrons. The fraction of sp³-hybridized carbons (Fsp3) is 0.412. The van der Waals surface area contributed by atoms with Crippen LogP contribution < -0.4 is 19.7 Å². The van der Waals surface area contributed by atoms with Crippen LogP contribution in [0.1, 0.15) is 12.8 Å². The molecule has 0 atom stereocenters. The van der Waals surface area contributed by atoms with Gasteiger partial charge in [0.2, 0.25) is 10.0 Å². The van der Waals surface area contributed by atoms with E-state index in [2.05, 4.69) is 24.9 Å². The average Bonchev–Trinajstić information content (AvgIpc) is 3.20. The Bertz CT molecular complexity index is 888. The molecule has 0 unspecified atom stereocenters. The number of rotatable bonds is 8. The van der Waals surface area contributed by atoms with Gasteiger partial charge in [-0.25, -0.2) is 27.5 Å². The van der Waals surface area contributed by atoms with Crippen molar-refractivity contribution in [3.05, 3.63) is 36.4 Å². The molecule has 2 N–H and O–H groups in total. The summed E-state index contributed by atoms with van der Waals surface area (Å²) in [4.78, 5) is 10.4. The maximum atomic E-state index is 13.7. The minimum atomic E-state index is -3.81. The first-order chi connectivity index (χ1) is 13.0. The SMILES string of the molecule is COc1ccc(S(=O)(=O)NCCNc2cc(N3CCCC3)ncn2)cc1F. The fourth-order valence-corrected chi connectivity index (χ4v) is 3.88. The van der Waals surface area contributed by atoms with Gasteiger partial charge in [0.25, 0.3) is 0 Å².